The summed E-state index contributed by atoms with van der Waals surface area (Å²) < 4.78 is 5.78. The number of nitrogens with two attached hydrogens (primary N) is 1. The molecule has 0 spiro atoms. The summed E-state index contributed by atoms with van der Waals surface area (Å²) >= 11 is 0. The molecule has 1 aliphatic heterocycles. The number of aryl methyl sites for hydroxylation is 2. The molecule has 3 N–H and O–H groups in total. The van der Waals surface area contributed by atoms with Crippen LogP contribution in [-0.4, -0.2) is 30.1 Å². The summed E-state index contributed by atoms with van der Waals surface area (Å²) in [4.78, 5) is 15.8. The number of pyridine rings is 1. The van der Waals surface area contributed by atoms with Crippen molar-refractivity contribution >= 4 is 5.91 Å². The summed E-state index contributed by atoms with van der Waals surface area (Å²) in [6.07, 6.45) is 4.67. The number of carbonyl (C=O) groups is 1. The molecule has 1 atom stereocenters. The molecule has 2 heterocycles. The number of hydrogen-bond acceptors (Lipinski definition) is 4. The third kappa shape index (κ3) is 3.70. The number of carbonyl (C=O) groups excluding carboxylic acids is 1. The first-order chi connectivity index (χ1) is 9.58. The minimum Gasteiger partial charge on any atom is -0.493 e. The first kappa shape index (κ1) is 14.8. The number of rotatable bonds is 5. The Kier molecular flexibility index (Phi) is 4.95. The van der Waals surface area contributed by atoms with E-state index in [-0.39, 0.29) is 0 Å². The van der Waals surface area contributed by atoms with E-state index in [1.54, 1.807) is 13.0 Å². The van der Waals surface area contributed by atoms with Gasteiger partial charge in [-0.2, -0.15) is 0 Å². The van der Waals surface area contributed by atoms with Gasteiger partial charge in [-0.3, -0.25) is 9.78 Å². The van der Waals surface area contributed by atoms with Gasteiger partial charge in [0, 0.05) is 17.8 Å². The van der Waals surface area contributed by atoms with Crippen molar-refractivity contribution in [2.75, 3.05) is 13.2 Å². The lowest BCUT2D eigenvalue weighted by Gasteiger charge is -2.23. The largest absolute Gasteiger partial charge is 0.493 e. The Morgan fingerprint density at radius 1 is 1.50 bits per heavy atom. The minimum atomic E-state index is -0.485. The zero-order valence-electron chi connectivity index (χ0n) is 12.2. The second-order valence-corrected chi connectivity index (χ2v) is 5.37. The molecule has 1 fully saturated rings. The fraction of sp³-hybridized carbons (Fsp3) is 0.600. The van der Waals surface area contributed by atoms with Gasteiger partial charge in [0.05, 0.1) is 12.3 Å². The van der Waals surface area contributed by atoms with Crippen LogP contribution < -0.4 is 15.8 Å². The quantitative estimate of drug-likeness (QED) is 0.859. The summed E-state index contributed by atoms with van der Waals surface area (Å²) in [5.74, 6) is 0.0686. The van der Waals surface area contributed by atoms with Crippen molar-refractivity contribution in [3.05, 3.63) is 23.0 Å². The van der Waals surface area contributed by atoms with Crippen LogP contribution >= 0.6 is 0 Å². The predicted molar refractivity (Wildman–Crippen MR) is 78.0 cm³/mol. The molecule has 5 heteroatoms. The highest BCUT2D eigenvalue weighted by Gasteiger charge is 2.16. The van der Waals surface area contributed by atoms with Crippen LogP contribution in [0.3, 0.4) is 0 Å². The number of piperidine rings is 1. The third-order valence-corrected chi connectivity index (χ3v) is 3.67. The Morgan fingerprint density at radius 2 is 2.30 bits per heavy atom. The molecule has 1 amide bonds. The molecular formula is C15H23N3O2. The highest BCUT2D eigenvalue weighted by atomic mass is 16.5. The van der Waals surface area contributed by atoms with Crippen LogP contribution in [0.5, 0.6) is 5.75 Å². The molecule has 1 aromatic heterocycles. The monoisotopic (exact) mass is 277 g/mol. The molecule has 0 radical (unpaired) electrons. The molecule has 1 aliphatic rings. The highest BCUT2D eigenvalue weighted by molar-refractivity contribution is 5.96. The van der Waals surface area contributed by atoms with Crippen LogP contribution in [0.2, 0.25) is 0 Å². The Labute approximate surface area is 119 Å². The van der Waals surface area contributed by atoms with Gasteiger partial charge in [-0.25, -0.2) is 0 Å². The number of aromatic nitrogens is 1. The fourth-order valence-electron chi connectivity index (χ4n) is 2.69. The number of ether oxygens (including phenoxy) is 1. The van der Waals surface area contributed by atoms with Gasteiger partial charge in [0.15, 0.2) is 0 Å². The van der Waals surface area contributed by atoms with Crippen LogP contribution in [0, 0.1) is 13.8 Å². The molecule has 1 saturated heterocycles. The van der Waals surface area contributed by atoms with E-state index in [1.165, 1.54) is 19.3 Å². The van der Waals surface area contributed by atoms with Crippen LogP contribution in [0.15, 0.2) is 6.07 Å². The molecule has 5 nitrogen and oxygen atoms in total. The highest BCUT2D eigenvalue weighted by Crippen LogP contribution is 2.22. The average Bonchev–Trinajstić information content (AvgIpc) is 2.38. The van der Waals surface area contributed by atoms with Gasteiger partial charge in [0.25, 0.3) is 5.91 Å². The molecule has 0 saturated carbocycles. The summed E-state index contributed by atoms with van der Waals surface area (Å²) in [5.41, 5.74) is 7.26. The van der Waals surface area contributed by atoms with Gasteiger partial charge >= 0.3 is 0 Å². The second-order valence-electron chi connectivity index (χ2n) is 5.37. The van der Waals surface area contributed by atoms with Crippen molar-refractivity contribution in [1.29, 1.82) is 0 Å². The summed E-state index contributed by atoms with van der Waals surface area (Å²) in [6.45, 7) is 5.33. The van der Waals surface area contributed by atoms with Crippen molar-refractivity contribution in [2.45, 2.75) is 45.6 Å². The number of nitrogens with one attached hydrogen (secondary N) is 1. The molecule has 110 valence electrons. The normalized spacial score (nSPS) is 18.8. The number of nitrogens with zero attached hydrogens (tertiary/aromatic N) is 1. The number of hydrogen-bond donors (Lipinski definition) is 2. The van der Waals surface area contributed by atoms with E-state index in [0.29, 0.717) is 29.7 Å². The lowest BCUT2D eigenvalue weighted by molar-refractivity contribution is 0.0995. The zero-order valence-corrected chi connectivity index (χ0v) is 12.2. The topological polar surface area (TPSA) is 77.2 Å². The van der Waals surface area contributed by atoms with Gasteiger partial charge in [0.2, 0.25) is 0 Å². The van der Waals surface area contributed by atoms with E-state index in [2.05, 4.69) is 10.3 Å². The average molecular weight is 277 g/mol. The van der Waals surface area contributed by atoms with Crippen molar-refractivity contribution in [1.82, 2.24) is 10.3 Å². The summed E-state index contributed by atoms with van der Waals surface area (Å²) in [7, 11) is 0. The lowest BCUT2D eigenvalue weighted by Crippen LogP contribution is -2.35. The van der Waals surface area contributed by atoms with E-state index in [4.69, 9.17) is 10.5 Å². The van der Waals surface area contributed by atoms with Gasteiger partial charge < -0.3 is 15.8 Å². The van der Waals surface area contributed by atoms with Crippen LogP contribution in [0.1, 0.15) is 47.4 Å². The number of amides is 1. The Bertz CT molecular complexity index is 482. The summed E-state index contributed by atoms with van der Waals surface area (Å²) in [5, 5.41) is 3.48. The van der Waals surface area contributed by atoms with E-state index < -0.39 is 5.91 Å². The maximum Gasteiger partial charge on any atom is 0.254 e. The molecule has 20 heavy (non-hydrogen) atoms. The van der Waals surface area contributed by atoms with E-state index in [1.807, 2.05) is 6.92 Å². The van der Waals surface area contributed by atoms with E-state index in [9.17, 15) is 4.79 Å². The zero-order chi connectivity index (χ0) is 14.5. The molecular weight excluding hydrogens is 254 g/mol. The standard InChI is InChI=1S/C15H23N3O2/c1-10-9-13(14(15(16)19)11(2)18-10)20-8-6-12-5-3-4-7-17-12/h9,12,17H,3-8H2,1-2H3,(H2,16,19). The van der Waals surface area contributed by atoms with Crippen LogP contribution in [-0.2, 0) is 0 Å². The second kappa shape index (κ2) is 6.70. The van der Waals surface area contributed by atoms with Crippen molar-refractivity contribution < 1.29 is 9.53 Å². The molecule has 1 aromatic rings. The Morgan fingerprint density at radius 3 is 2.95 bits per heavy atom. The smallest absolute Gasteiger partial charge is 0.254 e. The third-order valence-electron chi connectivity index (χ3n) is 3.67. The van der Waals surface area contributed by atoms with Gasteiger partial charge in [-0.15, -0.1) is 0 Å². The molecule has 0 aliphatic carbocycles. The lowest BCUT2D eigenvalue weighted by atomic mass is 10.0. The van der Waals surface area contributed by atoms with E-state index >= 15 is 0 Å². The minimum absolute atomic E-state index is 0.396. The molecule has 0 aromatic carbocycles. The van der Waals surface area contributed by atoms with Crippen molar-refractivity contribution in [3.63, 3.8) is 0 Å². The van der Waals surface area contributed by atoms with Gasteiger partial charge in [-0.05, 0) is 39.7 Å². The first-order valence-electron chi connectivity index (χ1n) is 7.22. The molecule has 0 bridgehead atoms. The maximum absolute atomic E-state index is 11.5. The predicted octanol–water partition coefficient (Wildman–Crippen LogP) is 1.71. The van der Waals surface area contributed by atoms with E-state index in [0.717, 1.165) is 18.7 Å². The molecule has 1 unspecified atom stereocenters. The summed E-state index contributed by atoms with van der Waals surface area (Å²) in [6, 6.07) is 2.30. The first-order valence-corrected chi connectivity index (χ1v) is 7.22. The van der Waals surface area contributed by atoms with Gasteiger partial charge in [0.1, 0.15) is 11.3 Å². The fourth-order valence-corrected chi connectivity index (χ4v) is 2.69. The Hall–Kier alpha value is -1.62. The van der Waals surface area contributed by atoms with Crippen molar-refractivity contribution in [3.8, 4) is 5.75 Å². The SMILES string of the molecule is Cc1cc(OCCC2CCCCN2)c(C(N)=O)c(C)n1. The maximum atomic E-state index is 11.5. The molecule has 2 rings (SSSR count). The Balaban J connectivity index is 1.99. The van der Waals surface area contributed by atoms with Crippen LogP contribution in [0.25, 0.3) is 0 Å². The number of primary amides is 1. The van der Waals surface area contributed by atoms with Gasteiger partial charge in [-0.1, -0.05) is 6.42 Å². The van der Waals surface area contributed by atoms with Crippen LogP contribution in [0.4, 0.5) is 0 Å². The van der Waals surface area contributed by atoms with Crippen molar-refractivity contribution in [2.24, 2.45) is 5.73 Å².